The van der Waals surface area contributed by atoms with Crippen LogP contribution in [0.15, 0.2) is 24.3 Å². The lowest BCUT2D eigenvalue weighted by Gasteiger charge is -2.27. The highest BCUT2D eigenvalue weighted by Crippen LogP contribution is 2.11. The average Bonchev–Trinajstić information content (AvgIpc) is 2.38. The molecule has 1 aromatic carbocycles. The summed E-state index contributed by atoms with van der Waals surface area (Å²) in [7, 11) is 0. The van der Waals surface area contributed by atoms with Gasteiger partial charge >= 0.3 is 5.97 Å². The fraction of sp³-hybridized carbons (Fsp3) is 0.467. The van der Waals surface area contributed by atoms with Crippen LogP contribution in [0, 0.1) is 0 Å². The molecule has 110 valence electrons. The summed E-state index contributed by atoms with van der Waals surface area (Å²) in [5.41, 5.74) is 7.36. The molecule has 1 rings (SSSR count). The molecule has 5 heteroatoms. The quantitative estimate of drug-likeness (QED) is 0.746. The molecule has 1 aromatic rings. The number of carbonyl (C=O) groups is 2. The van der Waals surface area contributed by atoms with Gasteiger partial charge in [-0.05, 0) is 38.0 Å². The second kappa shape index (κ2) is 7.53. The van der Waals surface area contributed by atoms with Gasteiger partial charge in [0.2, 0.25) is 5.91 Å². The van der Waals surface area contributed by atoms with Crippen LogP contribution >= 0.6 is 0 Å². The predicted molar refractivity (Wildman–Crippen MR) is 78.3 cm³/mol. The summed E-state index contributed by atoms with van der Waals surface area (Å²) in [6.45, 7) is 4.15. The molecule has 0 aliphatic heterocycles. The Hall–Kier alpha value is -2.04. The number of hydrogen-bond acceptors (Lipinski definition) is 3. The number of carbonyl (C=O) groups excluding carboxylic acids is 1. The molecule has 0 fully saturated rings. The second-order valence-electron chi connectivity index (χ2n) is 4.87. The van der Waals surface area contributed by atoms with Crippen molar-refractivity contribution >= 4 is 17.6 Å². The summed E-state index contributed by atoms with van der Waals surface area (Å²) in [5, 5.41) is 8.79. The zero-order valence-corrected chi connectivity index (χ0v) is 12.0. The van der Waals surface area contributed by atoms with Crippen molar-refractivity contribution in [2.75, 3.05) is 12.3 Å². The minimum atomic E-state index is -0.887. The smallest absolute Gasteiger partial charge is 0.305 e. The van der Waals surface area contributed by atoms with Crippen LogP contribution in [0.4, 0.5) is 5.69 Å². The van der Waals surface area contributed by atoms with Crippen LogP contribution in [0.3, 0.4) is 0 Å². The van der Waals surface area contributed by atoms with Crippen LogP contribution < -0.4 is 5.73 Å². The lowest BCUT2D eigenvalue weighted by atomic mass is 10.1. The first-order valence-electron chi connectivity index (χ1n) is 6.79. The fourth-order valence-corrected chi connectivity index (χ4v) is 2.18. The van der Waals surface area contributed by atoms with Crippen LogP contribution in [-0.4, -0.2) is 34.5 Å². The summed E-state index contributed by atoms with van der Waals surface area (Å²) >= 11 is 0. The molecule has 1 unspecified atom stereocenters. The maximum absolute atomic E-state index is 12.1. The van der Waals surface area contributed by atoms with Gasteiger partial charge in [0.05, 0.1) is 6.42 Å². The Balaban J connectivity index is 2.54. The third kappa shape index (κ3) is 4.91. The number of carboxylic acids is 1. The molecular formula is C15H22N2O3. The number of carboxylic acid groups (broad SMARTS) is 1. The molecule has 0 saturated heterocycles. The number of aryl methyl sites for hydroxylation is 1. The van der Waals surface area contributed by atoms with Gasteiger partial charge in [0.15, 0.2) is 0 Å². The standard InChI is InChI=1S/C15H22N2O3/c1-3-17(11(2)10-15(19)20)14(18)9-6-12-4-7-13(16)8-5-12/h4-5,7-8,11H,3,6,9-10,16H2,1-2H3,(H,19,20). The highest BCUT2D eigenvalue weighted by atomic mass is 16.4. The highest BCUT2D eigenvalue weighted by molar-refractivity contribution is 5.77. The van der Waals surface area contributed by atoms with E-state index >= 15 is 0 Å². The van der Waals surface area contributed by atoms with E-state index in [2.05, 4.69) is 0 Å². The topological polar surface area (TPSA) is 83.6 Å². The maximum atomic E-state index is 12.1. The van der Waals surface area contributed by atoms with Gasteiger partial charge in [-0.1, -0.05) is 12.1 Å². The number of nitrogens with zero attached hydrogens (tertiary/aromatic N) is 1. The number of benzene rings is 1. The molecule has 1 amide bonds. The minimum Gasteiger partial charge on any atom is -0.481 e. The zero-order valence-electron chi connectivity index (χ0n) is 12.0. The summed E-state index contributed by atoms with van der Waals surface area (Å²) < 4.78 is 0. The second-order valence-corrected chi connectivity index (χ2v) is 4.87. The summed E-state index contributed by atoms with van der Waals surface area (Å²) in [6, 6.07) is 7.14. The molecule has 0 aliphatic carbocycles. The Morgan fingerprint density at radius 1 is 1.30 bits per heavy atom. The van der Waals surface area contributed by atoms with E-state index < -0.39 is 5.97 Å². The molecule has 0 spiro atoms. The van der Waals surface area contributed by atoms with E-state index in [1.54, 1.807) is 11.8 Å². The molecule has 0 aromatic heterocycles. The van der Waals surface area contributed by atoms with E-state index in [9.17, 15) is 9.59 Å². The Bertz CT molecular complexity index is 457. The lowest BCUT2D eigenvalue weighted by molar-refractivity contribution is -0.140. The van der Waals surface area contributed by atoms with Crippen molar-refractivity contribution in [3.05, 3.63) is 29.8 Å². The van der Waals surface area contributed by atoms with Crippen molar-refractivity contribution in [3.63, 3.8) is 0 Å². The summed E-state index contributed by atoms with van der Waals surface area (Å²) in [6.07, 6.45) is 0.985. The monoisotopic (exact) mass is 278 g/mol. The number of amides is 1. The van der Waals surface area contributed by atoms with E-state index in [0.29, 0.717) is 25.1 Å². The number of aliphatic carboxylic acids is 1. The molecule has 3 N–H and O–H groups in total. The first-order valence-corrected chi connectivity index (χ1v) is 6.79. The van der Waals surface area contributed by atoms with Crippen molar-refractivity contribution in [3.8, 4) is 0 Å². The molecule has 0 bridgehead atoms. The third-order valence-electron chi connectivity index (χ3n) is 3.27. The number of nitrogens with two attached hydrogens (primary N) is 1. The number of nitrogen functional groups attached to an aromatic ring is 1. The average molecular weight is 278 g/mol. The van der Waals surface area contributed by atoms with Crippen molar-refractivity contribution in [2.45, 2.75) is 39.2 Å². The van der Waals surface area contributed by atoms with Gasteiger partial charge in [0.25, 0.3) is 0 Å². The van der Waals surface area contributed by atoms with Crippen LogP contribution in [0.1, 0.15) is 32.3 Å². The summed E-state index contributed by atoms with van der Waals surface area (Å²) in [5.74, 6) is -0.902. The molecular weight excluding hydrogens is 256 g/mol. The maximum Gasteiger partial charge on any atom is 0.305 e. The molecule has 0 radical (unpaired) electrons. The van der Waals surface area contributed by atoms with Gasteiger partial charge in [0.1, 0.15) is 0 Å². The first kappa shape index (κ1) is 16.0. The largest absolute Gasteiger partial charge is 0.481 e. The fourth-order valence-electron chi connectivity index (χ4n) is 2.18. The van der Waals surface area contributed by atoms with E-state index in [4.69, 9.17) is 10.8 Å². The predicted octanol–water partition coefficient (Wildman–Crippen LogP) is 1.91. The van der Waals surface area contributed by atoms with Crippen LogP contribution in [-0.2, 0) is 16.0 Å². The van der Waals surface area contributed by atoms with Gasteiger partial charge < -0.3 is 15.7 Å². The Labute approximate surface area is 119 Å². The zero-order chi connectivity index (χ0) is 15.1. The molecule has 20 heavy (non-hydrogen) atoms. The van der Waals surface area contributed by atoms with Crippen molar-refractivity contribution in [2.24, 2.45) is 0 Å². The molecule has 5 nitrogen and oxygen atoms in total. The molecule has 1 atom stereocenters. The van der Waals surface area contributed by atoms with E-state index in [1.165, 1.54) is 0 Å². The van der Waals surface area contributed by atoms with Crippen molar-refractivity contribution in [1.29, 1.82) is 0 Å². The van der Waals surface area contributed by atoms with Crippen LogP contribution in [0.25, 0.3) is 0 Å². The number of anilines is 1. The van der Waals surface area contributed by atoms with Gasteiger partial charge in [-0.2, -0.15) is 0 Å². The van der Waals surface area contributed by atoms with E-state index in [1.807, 2.05) is 31.2 Å². The van der Waals surface area contributed by atoms with E-state index in [0.717, 1.165) is 5.56 Å². The molecule has 0 aliphatic rings. The number of rotatable bonds is 7. The molecule has 0 saturated carbocycles. The first-order chi connectivity index (χ1) is 9.43. The van der Waals surface area contributed by atoms with Gasteiger partial charge in [0, 0.05) is 24.7 Å². The van der Waals surface area contributed by atoms with Gasteiger partial charge in [-0.3, -0.25) is 9.59 Å². The Morgan fingerprint density at radius 3 is 2.40 bits per heavy atom. The van der Waals surface area contributed by atoms with Gasteiger partial charge in [-0.25, -0.2) is 0 Å². The third-order valence-corrected chi connectivity index (χ3v) is 3.27. The highest BCUT2D eigenvalue weighted by Gasteiger charge is 2.20. The minimum absolute atomic E-state index is 0.0157. The number of hydrogen-bond donors (Lipinski definition) is 2. The summed E-state index contributed by atoms with van der Waals surface area (Å²) in [4.78, 5) is 24.5. The van der Waals surface area contributed by atoms with Gasteiger partial charge in [-0.15, -0.1) is 0 Å². The van der Waals surface area contributed by atoms with E-state index in [-0.39, 0.29) is 18.4 Å². The SMILES string of the molecule is CCN(C(=O)CCc1ccc(N)cc1)C(C)CC(=O)O. The Kier molecular flexibility index (Phi) is 6.03. The normalized spacial score (nSPS) is 11.9. The lowest BCUT2D eigenvalue weighted by Crippen LogP contribution is -2.39. The van der Waals surface area contributed by atoms with Crippen LogP contribution in [0.2, 0.25) is 0 Å². The van der Waals surface area contributed by atoms with Crippen molar-refractivity contribution in [1.82, 2.24) is 4.90 Å². The Morgan fingerprint density at radius 2 is 1.90 bits per heavy atom. The molecule has 0 heterocycles. The van der Waals surface area contributed by atoms with Crippen LogP contribution in [0.5, 0.6) is 0 Å². The van der Waals surface area contributed by atoms with Crippen molar-refractivity contribution < 1.29 is 14.7 Å².